The largest absolute Gasteiger partial charge is 0.477 e. The van der Waals surface area contributed by atoms with Gasteiger partial charge in [-0.05, 0) is 0 Å². The van der Waals surface area contributed by atoms with Crippen LogP contribution in [0, 0.1) is 0 Å². The molecule has 10 heteroatoms. The third-order valence-corrected chi connectivity index (χ3v) is 3.92. The molecule has 0 aromatic carbocycles. The summed E-state index contributed by atoms with van der Waals surface area (Å²) >= 11 is 0. The molecule has 2 rings (SSSR count). The van der Waals surface area contributed by atoms with E-state index < -0.39 is 27.1 Å². The average molecular weight is 274 g/mol. The summed E-state index contributed by atoms with van der Waals surface area (Å²) in [5.41, 5.74) is -0.196. The number of primary sulfonamides is 1. The van der Waals surface area contributed by atoms with Crippen molar-refractivity contribution >= 4 is 27.7 Å². The minimum absolute atomic E-state index is 0.0290. The highest BCUT2D eigenvalue weighted by atomic mass is 32.2. The number of carboxylic acids is 1. The Kier molecular flexibility index (Phi) is 2.83. The van der Waals surface area contributed by atoms with Gasteiger partial charge in [-0.25, -0.2) is 18.4 Å². The van der Waals surface area contributed by atoms with E-state index in [2.05, 4.69) is 10.2 Å². The maximum absolute atomic E-state index is 11.7. The molecule has 4 N–H and O–H groups in total. The van der Waals surface area contributed by atoms with E-state index in [0.717, 1.165) is 11.1 Å². The minimum Gasteiger partial charge on any atom is -0.477 e. The summed E-state index contributed by atoms with van der Waals surface area (Å²) in [5.74, 6) is -1.80. The van der Waals surface area contributed by atoms with Gasteiger partial charge in [0.25, 0.3) is 0 Å². The molecular formula is C8H10N4O5S. The summed E-state index contributed by atoms with van der Waals surface area (Å²) in [7, 11) is -3.84. The Morgan fingerprint density at radius 3 is 2.78 bits per heavy atom. The van der Waals surface area contributed by atoms with Crippen LogP contribution in [0.15, 0.2) is 6.20 Å². The third-order valence-electron chi connectivity index (χ3n) is 2.67. The molecule has 1 aliphatic rings. The normalized spacial score (nSPS) is 20.4. The van der Waals surface area contributed by atoms with Crippen molar-refractivity contribution in [3.8, 4) is 0 Å². The zero-order chi connectivity index (χ0) is 13.5. The Bertz CT molecular complexity index is 607. The van der Waals surface area contributed by atoms with Crippen molar-refractivity contribution in [2.24, 2.45) is 5.14 Å². The van der Waals surface area contributed by atoms with Crippen molar-refractivity contribution in [3.63, 3.8) is 0 Å². The highest BCUT2D eigenvalue weighted by Crippen LogP contribution is 2.25. The molecule has 18 heavy (non-hydrogen) atoms. The van der Waals surface area contributed by atoms with Crippen molar-refractivity contribution in [3.05, 3.63) is 11.8 Å². The van der Waals surface area contributed by atoms with Gasteiger partial charge < -0.3 is 5.11 Å². The molecule has 1 saturated heterocycles. The van der Waals surface area contributed by atoms with E-state index in [9.17, 15) is 18.0 Å². The summed E-state index contributed by atoms with van der Waals surface area (Å²) in [6, 6.07) is 0. The van der Waals surface area contributed by atoms with Crippen molar-refractivity contribution in [1.82, 2.24) is 10.2 Å². The van der Waals surface area contributed by atoms with Crippen molar-refractivity contribution in [1.29, 1.82) is 0 Å². The van der Waals surface area contributed by atoms with Crippen LogP contribution >= 0.6 is 0 Å². The summed E-state index contributed by atoms with van der Waals surface area (Å²) < 4.78 is 22.3. The highest BCUT2D eigenvalue weighted by molar-refractivity contribution is 7.89. The van der Waals surface area contributed by atoms with E-state index in [1.807, 2.05) is 0 Å². The lowest BCUT2D eigenvalue weighted by atomic mass is 10.3. The first-order valence-corrected chi connectivity index (χ1v) is 6.50. The summed E-state index contributed by atoms with van der Waals surface area (Å²) in [6.45, 7) is -0.180. The average Bonchev–Trinajstić information content (AvgIpc) is 2.81. The predicted molar refractivity (Wildman–Crippen MR) is 59.4 cm³/mol. The standard InChI is InChI=1S/C8H10N4O5S/c9-18(16,17)4-1-6(13)12(3-4)7-5(8(14)15)2-10-11-7/h2,4H,1,3H2,(H,10,11)(H,14,15)(H2,9,16,17). The summed E-state index contributed by atoms with van der Waals surface area (Å²) in [5, 5.41) is 18.7. The second-order valence-corrected chi connectivity index (χ2v) is 5.70. The number of aromatic nitrogens is 2. The molecule has 1 aromatic rings. The van der Waals surface area contributed by atoms with Crippen LogP contribution in [0.1, 0.15) is 16.8 Å². The molecule has 0 radical (unpaired) electrons. The minimum atomic E-state index is -3.84. The van der Waals surface area contributed by atoms with Gasteiger partial charge >= 0.3 is 5.97 Å². The quantitative estimate of drug-likeness (QED) is 0.611. The molecule has 1 amide bonds. The zero-order valence-corrected chi connectivity index (χ0v) is 9.85. The fraction of sp³-hybridized carbons (Fsp3) is 0.375. The van der Waals surface area contributed by atoms with Crippen molar-refractivity contribution in [2.75, 3.05) is 11.4 Å². The number of hydrogen-bond donors (Lipinski definition) is 3. The SMILES string of the molecule is NS(=O)(=O)C1CC(=O)N(c2[nH]ncc2C(=O)O)C1. The Morgan fingerprint density at radius 2 is 2.28 bits per heavy atom. The van der Waals surface area contributed by atoms with E-state index >= 15 is 0 Å². The highest BCUT2D eigenvalue weighted by Gasteiger charge is 2.39. The molecule has 1 aliphatic heterocycles. The second kappa shape index (κ2) is 4.07. The summed E-state index contributed by atoms with van der Waals surface area (Å²) in [4.78, 5) is 23.6. The molecule has 9 nitrogen and oxygen atoms in total. The number of sulfonamides is 1. The molecule has 1 fully saturated rings. The molecule has 1 aromatic heterocycles. The van der Waals surface area contributed by atoms with Crippen LogP contribution in [0.5, 0.6) is 0 Å². The lowest BCUT2D eigenvalue weighted by Gasteiger charge is -2.14. The summed E-state index contributed by atoms with van der Waals surface area (Å²) in [6.07, 6.45) is 0.784. The van der Waals surface area contributed by atoms with Gasteiger partial charge in [0.1, 0.15) is 16.6 Å². The molecule has 98 valence electrons. The number of nitrogens with two attached hydrogens (primary N) is 1. The Hall–Kier alpha value is -1.94. The number of amides is 1. The molecule has 0 bridgehead atoms. The fourth-order valence-corrected chi connectivity index (χ4v) is 2.48. The van der Waals surface area contributed by atoms with Crippen LogP contribution in [0.4, 0.5) is 5.82 Å². The maximum Gasteiger partial charge on any atom is 0.341 e. The van der Waals surface area contributed by atoms with E-state index in [0.29, 0.717) is 0 Å². The number of aromatic carboxylic acids is 1. The van der Waals surface area contributed by atoms with Crippen LogP contribution < -0.4 is 10.0 Å². The Labute approximate surface area is 102 Å². The molecule has 0 aliphatic carbocycles. The van der Waals surface area contributed by atoms with Gasteiger partial charge in [-0.2, -0.15) is 5.10 Å². The maximum atomic E-state index is 11.7. The van der Waals surface area contributed by atoms with Gasteiger partial charge in [0, 0.05) is 13.0 Å². The number of nitrogens with zero attached hydrogens (tertiary/aromatic N) is 2. The van der Waals surface area contributed by atoms with E-state index in [1.54, 1.807) is 0 Å². The molecule has 0 spiro atoms. The van der Waals surface area contributed by atoms with Crippen LogP contribution in [0.2, 0.25) is 0 Å². The van der Waals surface area contributed by atoms with Gasteiger partial charge in [-0.3, -0.25) is 14.8 Å². The van der Waals surface area contributed by atoms with Crippen LogP contribution in [0.25, 0.3) is 0 Å². The number of anilines is 1. The second-order valence-electron chi connectivity index (χ2n) is 3.86. The topological polar surface area (TPSA) is 146 Å². The predicted octanol–water partition coefficient (Wildman–Crippen LogP) is -1.50. The number of rotatable bonds is 3. The molecule has 0 saturated carbocycles. The number of nitrogens with one attached hydrogen (secondary N) is 1. The monoisotopic (exact) mass is 274 g/mol. The van der Waals surface area contributed by atoms with Crippen LogP contribution in [-0.4, -0.2) is 47.4 Å². The first kappa shape index (κ1) is 12.5. The molecular weight excluding hydrogens is 264 g/mol. The van der Waals surface area contributed by atoms with Gasteiger partial charge in [0.15, 0.2) is 0 Å². The number of carbonyl (C=O) groups excluding carboxylic acids is 1. The van der Waals surface area contributed by atoms with Gasteiger partial charge in [0.05, 0.1) is 6.20 Å². The first-order chi connectivity index (χ1) is 8.30. The number of carboxylic acid groups (broad SMARTS) is 1. The zero-order valence-electron chi connectivity index (χ0n) is 9.03. The van der Waals surface area contributed by atoms with Crippen molar-refractivity contribution < 1.29 is 23.1 Å². The van der Waals surface area contributed by atoms with E-state index in [4.69, 9.17) is 10.2 Å². The number of carbonyl (C=O) groups is 2. The number of H-pyrrole nitrogens is 1. The lowest BCUT2D eigenvalue weighted by molar-refractivity contribution is -0.117. The molecule has 2 heterocycles. The van der Waals surface area contributed by atoms with E-state index in [1.165, 1.54) is 0 Å². The van der Waals surface area contributed by atoms with Crippen LogP contribution in [-0.2, 0) is 14.8 Å². The first-order valence-electron chi connectivity index (χ1n) is 4.89. The molecule has 1 unspecified atom stereocenters. The number of aromatic amines is 1. The Balaban J connectivity index is 2.33. The van der Waals surface area contributed by atoms with Gasteiger partial charge in [-0.1, -0.05) is 0 Å². The lowest BCUT2D eigenvalue weighted by Crippen LogP contribution is -2.32. The Morgan fingerprint density at radius 1 is 1.61 bits per heavy atom. The molecule has 1 atom stereocenters. The van der Waals surface area contributed by atoms with Crippen LogP contribution in [0.3, 0.4) is 0 Å². The van der Waals surface area contributed by atoms with E-state index in [-0.39, 0.29) is 24.3 Å². The van der Waals surface area contributed by atoms with Gasteiger partial charge in [-0.15, -0.1) is 0 Å². The fourth-order valence-electron chi connectivity index (χ4n) is 1.75. The number of hydrogen-bond acceptors (Lipinski definition) is 5. The van der Waals surface area contributed by atoms with Crippen molar-refractivity contribution in [2.45, 2.75) is 11.7 Å². The third kappa shape index (κ3) is 2.07. The van der Waals surface area contributed by atoms with Gasteiger partial charge in [0.2, 0.25) is 15.9 Å². The smallest absolute Gasteiger partial charge is 0.341 e.